The summed E-state index contributed by atoms with van der Waals surface area (Å²) in [7, 11) is 0. The lowest BCUT2D eigenvalue weighted by Crippen LogP contribution is -3.11. The minimum atomic E-state index is -2.94. The summed E-state index contributed by atoms with van der Waals surface area (Å²) in [5, 5.41) is 12.6. The van der Waals surface area contributed by atoms with Crippen LogP contribution in [0, 0.1) is 0 Å². The maximum Gasteiger partial charge on any atom is 0.387 e. The van der Waals surface area contributed by atoms with Gasteiger partial charge in [-0.15, -0.1) is 0 Å². The van der Waals surface area contributed by atoms with Gasteiger partial charge in [0, 0.05) is 27.6 Å². The number of likely N-dealkylation sites (N-methyl/N-ethyl adjacent to an activating group) is 1. The van der Waals surface area contributed by atoms with E-state index in [9.17, 15) is 18.7 Å². The molecule has 0 saturated heterocycles. The summed E-state index contributed by atoms with van der Waals surface area (Å²) in [6, 6.07) is 13.6. The number of aromatic carboxylic acids is 1. The van der Waals surface area contributed by atoms with Crippen LogP contribution in [0.4, 0.5) is 8.78 Å². The number of carbonyl (C=O) groups excluding carboxylic acids is 1. The Kier molecular flexibility index (Phi) is 5.46. The Hall–Kier alpha value is -3.32. The van der Waals surface area contributed by atoms with Crippen molar-refractivity contribution in [3.05, 3.63) is 70.9 Å². The van der Waals surface area contributed by atoms with Gasteiger partial charge in [0.15, 0.2) is 0 Å². The first-order valence-electron chi connectivity index (χ1n) is 9.69. The van der Waals surface area contributed by atoms with Crippen molar-refractivity contribution < 1.29 is 28.3 Å². The van der Waals surface area contributed by atoms with Crippen LogP contribution in [0.25, 0.3) is 22.6 Å². The van der Waals surface area contributed by atoms with Crippen molar-refractivity contribution in [2.24, 2.45) is 0 Å². The lowest BCUT2D eigenvalue weighted by atomic mass is 9.92. The number of alkyl halides is 2. The summed E-state index contributed by atoms with van der Waals surface area (Å²) in [6.45, 7) is 0.932. The number of nitrogens with zero attached hydrogens (tertiary/aromatic N) is 1. The quantitative estimate of drug-likeness (QED) is 0.700. The van der Waals surface area contributed by atoms with Crippen LogP contribution in [0.5, 0.6) is 5.75 Å². The number of rotatable bonds is 5. The summed E-state index contributed by atoms with van der Waals surface area (Å²) < 4.78 is 30.3. The molecule has 2 heterocycles. The molecule has 2 aromatic carbocycles. The number of carbonyl (C=O) groups is 1. The van der Waals surface area contributed by atoms with Gasteiger partial charge in [0.2, 0.25) is 0 Å². The average molecular weight is 410 g/mol. The summed E-state index contributed by atoms with van der Waals surface area (Å²) in [5.41, 5.74) is 3.13. The fourth-order valence-corrected chi connectivity index (χ4v) is 3.95. The number of ether oxygens (including phenoxy) is 1. The first-order valence-corrected chi connectivity index (χ1v) is 9.69. The second kappa shape index (κ2) is 8.20. The first kappa shape index (κ1) is 20.0. The third kappa shape index (κ3) is 3.76. The van der Waals surface area contributed by atoms with Gasteiger partial charge in [0.1, 0.15) is 18.8 Å². The number of carboxylic acids is 1. The molecule has 0 amide bonds. The Morgan fingerprint density at radius 3 is 2.67 bits per heavy atom. The highest BCUT2D eigenvalue weighted by molar-refractivity contribution is 6.05. The second-order valence-electron chi connectivity index (χ2n) is 7.16. The zero-order chi connectivity index (χ0) is 21.3. The summed E-state index contributed by atoms with van der Waals surface area (Å²) >= 11 is 0. The molecular weight excluding hydrogens is 390 g/mol. The molecule has 154 valence electrons. The molecule has 1 N–H and O–H groups in total. The Balaban J connectivity index is 1.95. The van der Waals surface area contributed by atoms with E-state index in [0.29, 0.717) is 40.8 Å². The van der Waals surface area contributed by atoms with Crippen LogP contribution in [0.1, 0.15) is 34.1 Å². The van der Waals surface area contributed by atoms with Crippen LogP contribution in [0.3, 0.4) is 0 Å². The molecular formula is C23H20F2N2O3. The average Bonchev–Trinajstić information content (AvgIpc) is 2.72. The molecule has 0 bridgehead atoms. The van der Waals surface area contributed by atoms with E-state index in [1.54, 1.807) is 48.5 Å². The molecule has 1 aliphatic rings. The van der Waals surface area contributed by atoms with Crippen LogP contribution >= 0.6 is 0 Å². The smallest absolute Gasteiger partial charge is 0.387 e. The third-order valence-electron chi connectivity index (χ3n) is 5.33. The number of halogens is 2. The van der Waals surface area contributed by atoms with Crippen molar-refractivity contribution in [1.29, 1.82) is 0 Å². The Bertz CT molecular complexity index is 1140. The number of pyridine rings is 1. The number of quaternary nitrogens is 1. The summed E-state index contributed by atoms with van der Waals surface area (Å²) in [4.78, 5) is 17.9. The van der Waals surface area contributed by atoms with E-state index in [4.69, 9.17) is 4.98 Å². The monoisotopic (exact) mass is 410 g/mol. The van der Waals surface area contributed by atoms with Gasteiger partial charge in [-0.05, 0) is 25.1 Å². The van der Waals surface area contributed by atoms with Gasteiger partial charge in [0.25, 0.3) is 0 Å². The SMILES string of the molecule is CC[NH+]1C/C(=C\c2ccccc2OC(F)F)c2nc3ccccc3c(C(=O)[O-])c2C1. The molecule has 0 spiro atoms. The number of hydrogen-bond donors (Lipinski definition) is 1. The van der Waals surface area contributed by atoms with Crippen molar-refractivity contribution in [2.75, 3.05) is 13.1 Å². The van der Waals surface area contributed by atoms with Crippen molar-refractivity contribution in [3.63, 3.8) is 0 Å². The third-order valence-corrected chi connectivity index (χ3v) is 5.33. The maximum absolute atomic E-state index is 12.8. The predicted molar refractivity (Wildman–Crippen MR) is 107 cm³/mol. The van der Waals surface area contributed by atoms with Crippen molar-refractivity contribution in [2.45, 2.75) is 20.1 Å². The standard InChI is InChI=1S/C23H20F2N2O3/c1-2-27-12-15(11-14-7-3-6-10-19(14)30-23(24)25)21-17(13-27)20(22(28)29)16-8-4-5-9-18(16)26-21/h3-11,23H,2,12-13H2,1H3,(H,28,29)/b15-11+. The lowest BCUT2D eigenvalue weighted by Gasteiger charge is -2.29. The van der Waals surface area contributed by atoms with Crippen LogP contribution in [-0.4, -0.2) is 30.7 Å². The predicted octanol–water partition coefficient (Wildman–Crippen LogP) is 2.16. The van der Waals surface area contributed by atoms with Crippen LogP contribution < -0.4 is 14.7 Å². The molecule has 0 fully saturated rings. The minimum absolute atomic E-state index is 0.0612. The van der Waals surface area contributed by atoms with E-state index in [0.717, 1.165) is 17.0 Å². The van der Waals surface area contributed by atoms with E-state index in [1.807, 2.05) is 6.92 Å². The molecule has 7 heteroatoms. The molecule has 0 saturated carbocycles. The Morgan fingerprint density at radius 2 is 1.93 bits per heavy atom. The number of aromatic nitrogens is 1. The van der Waals surface area contributed by atoms with Crippen LogP contribution in [0.15, 0.2) is 48.5 Å². The molecule has 4 rings (SSSR count). The van der Waals surface area contributed by atoms with E-state index in [-0.39, 0.29) is 11.3 Å². The molecule has 0 aliphatic carbocycles. The summed E-state index contributed by atoms with van der Waals surface area (Å²) in [5.74, 6) is -1.19. The van der Waals surface area contributed by atoms with Crippen molar-refractivity contribution in [3.8, 4) is 5.75 Å². The molecule has 1 atom stereocenters. The van der Waals surface area contributed by atoms with Gasteiger partial charge in [-0.25, -0.2) is 4.98 Å². The number of benzene rings is 2. The van der Waals surface area contributed by atoms with Gasteiger partial charge in [-0.3, -0.25) is 0 Å². The molecule has 30 heavy (non-hydrogen) atoms. The Morgan fingerprint density at radius 1 is 1.20 bits per heavy atom. The Labute approximate surface area is 172 Å². The minimum Gasteiger partial charge on any atom is -0.545 e. The largest absolute Gasteiger partial charge is 0.545 e. The fourth-order valence-electron chi connectivity index (χ4n) is 3.95. The van der Waals surface area contributed by atoms with Gasteiger partial charge < -0.3 is 19.5 Å². The molecule has 1 unspecified atom stereocenters. The van der Waals surface area contributed by atoms with Gasteiger partial charge in [-0.1, -0.05) is 36.4 Å². The van der Waals surface area contributed by atoms with Gasteiger partial charge in [0.05, 0.1) is 23.7 Å². The normalized spacial score (nSPS) is 17.3. The highest BCUT2D eigenvalue weighted by atomic mass is 19.3. The number of para-hydroxylation sites is 2. The maximum atomic E-state index is 12.8. The van der Waals surface area contributed by atoms with Crippen LogP contribution in [-0.2, 0) is 6.54 Å². The van der Waals surface area contributed by atoms with E-state index in [2.05, 4.69) is 4.74 Å². The van der Waals surface area contributed by atoms with E-state index >= 15 is 0 Å². The molecule has 1 aromatic heterocycles. The molecule has 3 aromatic rings. The topological polar surface area (TPSA) is 66.7 Å². The van der Waals surface area contributed by atoms with Gasteiger partial charge >= 0.3 is 6.61 Å². The number of fused-ring (bicyclic) bond motifs is 2. The van der Waals surface area contributed by atoms with Crippen LogP contribution in [0.2, 0.25) is 0 Å². The highest BCUT2D eigenvalue weighted by Crippen LogP contribution is 2.31. The molecule has 0 radical (unpaired) electrons. The summed E-state index contributed by atoms with van der Waals surface area (Å²) in [6.07, 6.45) is 1.76. The zero-order valence-electron chi connectivity index (χ0n) is 16.3. The van der Waals surface area contributed by atoms with E-state index < -0.39 is 12.6 Å². The number of carboxylic acid groups (broad SMARTS) is 1. The molecule has 5 nitrogen and oxygen atoms in total. The highest BCUT2D eigenvalue weighted by Gasteiger charge is 2.28. The molecule has 1 aliphatic heterocycles. The zero-order valence-corrected chi connectivity index (χ0v) is 16.3. The van der Waals surface area contributed by atoms with Gasteiger partial charge in [-0.2, -0.15) is 8.78 Å². The first-order chi connectivity index (χ1) is 14.5. The second-order valence-corrected chi connectivity index (χ2v) is 7.16. The fraction of sp³-hybridized carbons (Fsp3) is 0.217. The lowest BCUT2D eigenvalue weighted by molar-refractivity contribution is -0.905. The van der Waals surface area contributed by atoms with E-state index in [1.165, 1.54) is 6.07 Å². The number of hydrogen-bond acceptors (Lipinski definition) is 4. The number of nitrogens with one attached hydrogen (secondary N) is 1. The van der Waals surface area contributed by atoms with Crippen molar-refractivity contribution >= 4 is 28.5 Å². The van der Waals surface area contributed by atoms with Crippen molar-refractivity contribution in [1.82, 2.24) is 4.98 Å².